The third-order valence-corrected chi connectivity index (χ3v) is 6.35. The lowest BCUT2D eigenvalue weighted by atomic mass is 9.69. The molecule has 1 unspecified atom stereocenters. The molecule has 1 aromatic rings. The minimum Gasteiger partial charge on any atom is -0.469 e. The molecule has 1 saturated carbocycles. The van der Waals surface area contributed by atoms with Crippen molar-refractivity contribution in [1.29, 1.82) is 0 Å². The van der Waals surface area contributed by atoms with Gasteiger partial charge in [-0.15, -0.1) is 0 Å². The van der Waals surface area contributed by atoms with Crippen molar-refractivity contribution in [3.05, 3.63) is 35.9 Å². The highest BCUT2D eigenvalue weighted by molar-refractivity contribution is 5.78. The molecule has 2 atom stereocenters. The van der Waals surface area contributed by atoms with Crippen LogP contribution in [0.5, 0.6) is 0 Å². The molecule has 1 saturated heterocycles. The monoisotopic (exact) mass is 387 g/mol. The van der Waals surface area contributed by atoms with Crippen LogP contribution < -0.4 is 0 Å². The minimum absolute atomic E-state index is 0.181. The lowest BCUT2D eigenvalue weighted by Gasteiger charge is -2.45. The Bertz CT molecular complexity index is 670. The average molecular weight is 388 g/mol. The Morgan fingerprint density at radius 1 is 1.21 bits per heavy atom. The van der Waals surface area contributed by atoms with Gasteiger partial charge in [0.2, 0.25) is 0 Å². The second-order valence-corrected chi connectivity index (χ2v) is 8.88. The van der Waals surface area contributed by atoms with Gasteiger partial charge in [0.1, 0.15) is 6.61 Å². The van der Waals surface area contributed by atoms with Crippen LogP contribution in [-0.4, -0.2) is 37.2 Å². The maximum absolute atomic E-state index is 12.8. The predicted octanol–water partition coefficient (Wildman–Crippen LogP) is 4.65. The summed E-state index contributed by atoms with van der Waals surface area (Å²) >= 11 is 0. The third kappa shape index (κ3) is 5.06. The Labute approximate surface area is 168 Å². The molecule has 28 heavy (non-hydrogen) atoms. The number of likely N-dealkylation sites (tertiary alicyclic amines) is 1. The quantitative estimate of drug-likeness (QED) is 0.639. The minimum atomic E-state index is -0.615. The zero-order chi connectivity index (χ0) is 20.1. The fraction of sp³-hybridized carbons (Fsp3) is 0.652. The van der Waals surface area contributed by atoms with Crippen LogP contribution in [0.15, 0.2) is 30.3 Å². The summed E-state index contributed by atoms with van der Waals surface area (Å²) in [6.45, 7) is 5.59. The standard InChI is InChI=1S/C23H33NO4/c1-17(2)20-13-23(21(25)27-3,12-11-18-9-10-18)16-24(14-20)22(26)28-15-19-7-5-4-6-8-19/h4-8,17-18,20H,9-16H2,1-3H3/t20?,23-/m1/s1. The number of carbonyl (C=O) groups is 2. The maximum atomic E-state index is 12.8. The molecule has 5 nitrogen and oxygen atoms in total. The summed E-state index contributed by atoms with van der Waals surface area (Å²) in [6, 6.07) is 9.68. The Morgan fingerprint density at radius 2 is 1.93 bits per heavy atom. The fourth-order valence-corrected chi connectivity index (χ4v) is 4.27. The normalized spacial score (nSPS) is 24.9. The molecule has 2 fully saturated rings. The average Bonchev–Trinajstić information content (AvgIpc) is 3.55. The topological polar surface area (TPSA) is 55.8 Å². The van der Waals surface area contributed by atoms with Gasteiger partial charge in [-0.05, 0) is 42.6 Å². The first-order chi connectivity index (χ1) is 13.4. The summed E-state index contributed by atoms with van der Waals surface area (Å²) in [5.74, 6) is 1.20. The van der Waals surface area contributed by atoms with E-state index in [9.17, 15) is 9.59 Å². The SMILES string of the molecule is COC(=O)[C@]1(CCC2CC2)CC(C(C)C)CN(C(=O)OCc2ccccc2)C1. The van der Waals surface area contributed by atoms with Gasteiger partial charge in [-0.3, -0.25) is 4.79 Å². The van der Waals surface area contributed by atoms with E-state index in [4.69, 9.17) is 9.47 Å². The molecule has 0 N–H and O–H groups in total. The van der Waals surface area contributed by atoms with Crippen LogP contribution in [0.2, 0.25) is 0 Å². The molecule has 3 rings (SSSR count). The van der Waals surface area contributed by atoms with E-state index in [1.165, 1.54) is 20.0 Å². The first-order valence-corrected chi connectivity index (χ1v) is 10.5. The van der Waals surface area contributed by atoms with Gasteiger partial charge < -0.3 is 14.4 Å². The van der Waals surface area contributed by atoms with Crippen molar-refractivity contribution >= 4 is 12.1 Å². The number of methoxy groups -OCH3 is 1. The van der Waals surface area contributed by atoms with E-state index in [1.54, 1.807) is 4.90 Å². The Balaban J connectivity index is 1.73. The molecule has 5 heteroatoms. The zero-order valence-corrected chi connectivity index (χ0v) is 17.4. The summed E-state index contributed by atoms with van der Waals surface area (Å²) in [5, 5.41) is 0. The summed E-state index contributed by atoms with van der Waals surface area (Å²) in [6.07, 6.45) is 4.78. The lowest BCUT2D eigenvalue weighted by Crippen LogP contribution is -2.54. The van der Waals surface area contributed by atoms with E-state index in [0.717, 1.165) is 30.7 Å². The van der Waals surface area contributed by atoms with E-state index < -0.39 is 5.41 Å². The molecule has 0 aromatic heterocycles. The molecule has 0 spiro atoms. The molecule has 1 aliphatic heterocycles. The number of hydrogen-bond donors (Lipinski definition) is 0. The van der Waals surface area contributed by atoms with Gasteiger partial charge in [0.15, 0.2) is 0 Å². The van der Waals surface area contributed by atoms with Crippen molar-refractivity contribution in [3.63, 3.8) is 0 Å². The van der Waals surface area contributed by atoms with Gasteiger partial charge in [0, 0.05) is 13.1 Å². The molecule has 1 heterocycles. The molecule has 1 aliphatic carbocycles. The van der Waals surface area contributed by atoms with E-state index in [2.05, 4.69) is 13.8 Å². The summed E-state index contributed by atoms with van der Waals surface area (Å²) < 4.78 is 10.8. The van der Waals surface area contributed by atoms with Gasteiger partial charge in [-0.25, -0.2) is 4.79 Å². The lowest BCUT2D eigenvalue weighted by molar-refractivity contribution is -0.158. The molecular weight excluding hydrogens is 354 g/mol. The molecule has 1 aromatic carbocycles. The number of piperidine rings is 1. The van der Waals surface area contributed by atoms with Crippen molar-refractivity contribution in [1.82, 2.24) is 4.90 Å². The van der Waals surface area contributed by atoms with Gasteiger partial charge in [-0.2, -0.15) is 0 Å². The maximum Gasteiger partial charge on any atom is 0.410 e. The van der Waals surface area contributed by atoms with Crippen LogP contribution in [0.25, 0.3) is 0 Å². The Morgan fingerprint density at radius 3 is 2.54 bits per heavy atom. The number of amides is 1. The third-order valence-electron chi connectivity index (χ3n) is 6.35. The summed E-state index contributed by atoms with van der Waals surface area (Å²) in [4.78, 5) is 27.4. The van der Waals surface area contributed by atoms with Crippen molar-refractivity contribution in [2.24, 2.45) is 23.2 Å². The van der Waals surface area contributed by atoms with Crippen LogP contribution in [0, 0.1) is 23.2 Å². The second kappa shape index (κ2) is 8.97. The number of nitrogens with zero attached hydrogens (tertiary/aromatic N) is 1. The first-order valence-electron chi connectivity index (χ1n) is 10.5. The number of rotatable bonds is 7. The Hall–Kier alpha value is -2.04. The summed E-state index contributed by atoms with van der Waals surface area (Å²) in [5.41, 5.74) is 0.345. The van der Waals surface area contributed by atoms with Gasteiger partial charge in [0.05, 0.1) is 12.5 Å². The van der Waals surface area contributed by atoms with E-state index >= 15 is 0 Å². The molecular formula is C23H33NO4. The second-order valence-electron chi connectivity index (χ2n) is 8.88. The first kappa shape index (κ1) is 20.7. The van der Waals surface area contributed by atoms with Crippen LogP contribution in [0.4, 0.5) is 4.79 Å². The van der Waals surface area contributed by atoms with Crippen LogP contribution >= 0.6 is 0 Å². The molecule has 154 valence electrons. The number of carbonyl (C=O) groups excluding carboxylic acids is 2. The zero-order valence-electron chi connectivity index (χ0n) is 17.4. The number of ether oxygens (including phenoxy) is 2. The van der Waals surface area contributed by atoms with Crippen molar-refractivity contribution in [2.45, 2.75) is 52.6 Å². The number of hydrogen-bond acceptors (Lipinski definition) is 4. The van der Waals surface area contributed by atoms with E-state index in [-0.39, 0.29) is 24.6 Å². The number of benzene rings is 1. The fourth-order valence-electron chi connectivity index (χ4n) is 4.27. The van der Waals surface area contributed by atoms with Crippen LogP contribution in [-0.2, 0) is 20.9 Å². The molecule has 0 radical (unpaired) electrons. The van der Waals surface area contributed by atoms with Gasteiger partial charge >= 0.3 is 12.1 Å². The van der Waals surface area contributed by atoms with Crippen molar-refractivity contribution in [2.75, 3.05) is 20.2 Å². The smallest absolute Gasteiger partial charge is 0.410 e. The largest absolute Gasteiger partial charge is 0.469 e. The Kier molecular flexibility index (Phi) is 6.63. The van der Waals surface area contributed by atoms with Gasteiger partial charge in [0.25, 0.3) is 0 Å². The molecule has 1 amide bonds. The highest BCUT2D eigenvalue weighted by Gasteiger charge is 2.49. The molecule has 0 bridgehead atoms. The molecule has 2 aliphatic rings. The van der Waals surface area contributed by atoms with E-state index in [1.807, 2.05) is 30.3 Å². The van der Waals surface area contributed by atoms with Crippen molar-refractivity contribution in [3.8, 4) is 0 Å². The van der Waals surface area contributed by atoms with Crippen LogP contribution in [0.1, 0.15) is 51.5 Å². The van der Waals surface area contributed by atoms with Gasteiger partial charge in [-0.1, -0.05) is 57.0 Å². The highest BCUT2D eigenvalue weighted by Crippen LogP contribution is 2.45. The van der Waals surface area contributed by atoms with E-state index in [0.29, 0.717) is 19.0 Å². The number of esters is 1. The summed E-state index contributed by atoms with van der Waals surface area (Å²) in [7, 11) is 1.46. The highest BCUT2D eigenvalue weighted by atomic mass is 16.6. The van der Waals surface area contributed by atoms with Crippen molar-refractivity contribution < 1.29 is 19.1 Å². The predicted molar refractivity (Wildman–Crippen MR) is 108 cm³/mol. The van der Waals surface area contributed by atoms with Crippen LogP contribution in [0.3, 0.4) is 0 Å².